The van der Waals surface area contributed by atoms with E-state index < -0.39 is 0 Å². The second kappa shape index (κ2) is 6.34. The van der Waals surface area contributed by atoms with E-state index in [-0.39, 0.29) is 5.91 Å². The van der Waals surface area contributed by atoms with Gasteiger partial charge in [0.2, 0.25) is 0 Å². The van der Waals surface area contributed by atoms with Gasteiger partial charge in [0, 0.05) is 30.3 Å². The molecule has 2 N–H and O–H groups in total. The van der Waals surface area contributed by atoms with Crippen LogP contribution >= 0.6 is 15.9 Å². The molecule has 0 spiro atoms. The molecule has 0 saturated carbocycles. The summed E-state index contributed by atoms with van der Waals surface area (Å²) in [6.07, 6.45) is 4.02. The van der Waals surface area contributed by atoms with Crippen molar-refractivity contribution in [3.63, 3.8) is 0 Å². The molecule has 5 nitrogen and oxygen atoms in total. The van der Waals surface area contributed by atoms with Gasteiger partial charge in [-0.15, -0.1) is 0 Å². The molecule has 2 heterocycles. The molecule has 1 unspecified atom stereocenters. The minimum absolute atomic E-state index is 0.0848. The highest BCUT2D eigenvalue weighted by Crippen LogP contribution is 2.18. The zero-order chi connectivity index (χ0) is 13.8. The minimum atomic E-state index is -0.0848. The summed E-state index contributed by atoms with van der Waals surface area (Å²) in [4.78, 5) is 18.7. The Kier molecular flexibility index (Phi) is 4.76. The van der Waals surface area contributed by atoms with Crippen LogP contribution in [0.2, 0.25) is 0 Å². The van der Waals surface area contributed by atoms with Gasteiger partial charge < -0.3 is 15.5 Å². The average molecular weight is 327 g/mol. The number of rotatable bonds is 4. The van der Waals surface area contributed by atoms with Crippen molar-refractivity contribution in [2.45, 2.75) is 18.9 Å². The first-order chi connectivity index (χ1) is 9.11. The zero-order valence-electron chi connectivity index (χ0n) is 11.2. The van der Waals surface area contributed by atoms with Crippen molar-refractivity contribution in [3.8, 4) is 0 Å². The number of nitrogens with zero attached hydrogens (tertiary/aromatic N) is 2. The number of nitrogens with one attached hydrogen (secondary N) is 2. The van der Waals surface area contributed by atoms with Crippen molar-refractivity contribution in [2.24, 2.45) is 0 Å². The molecule has 104 valence electrons. The second-order valence-corrected chi connectivity index (χ2v) is 5.70. The standard InChI is InChI=1S/C13H19BrN4O/c1-15-12-11(6-9(14)7-16-12)13(19)17-8-10-4-3-5-18(10)2/h6-7,10H,3-5,8H2,1-2H3,(H,15,16)(H,17,19). The number of amides is 1. The molecule has 1 fully saturated rings. The molecule has 1 aromatic rings. The van der Waals surface area contributed by atoms with Crippen LogP contribution in [-0.2, 0) is 0 Å². The van der Waals surface area contributed by atoms with E-state index in [1.54, 1.807) is 19.3 Å². The predicted octanol–water partition coefficient (Wildman–Crippen LogP) is 1.71. The molecule has 1 atom stereocenters. The van der Waals surface area contributed by atoms with E-state index in [1.807, 2.05) is 0 Å². The molecule has 19 heavy (non-hydrogen) atoms. The maximum absolute atomic E-state index is 12.2. The summed E-state index contributed by atoms with van der Waals surface area (Å²) in [5.74, 6) is 0.513. The van der Waals surface area contributed by atoms with Crippen molar-refractivity contribution in [1.29, 1.82) is 0 Å². The quantitative estimate of drug-likeness (QED) is 0.884. The summed E-state index contributed by atoms with van der Waals surface area (Å²) in [6.45, 7) is 1.80. The van der Waals surface area contributed by atoms with Crippen LogP contribution in [0.3, 0.4) is 0 Å². The van der Waals surface area contributed by atoms with Crippen LogP contribution in [0.15, 0.2) is 16.7 Å². The lowest BCUT2D eigenvalue weighted by molar-refractivity contribution is 0.0944. The first-order valence-electron chi connectivity index (χ1n) is 6.43. The Labute approximate surface area is 121 Å². The van der Waals surface area contributed by atoms with Gasteiger partial charge in [-0.25, -0.2) is 4.98 Å². The van der Waals surface area contributed by atoms with Gasteiger partial charge in [-0.2, -0.15) is 0 Å². The summed E-state index contributed by atoms with van der Waals surface area (Å²) < 4.78 is 0.801. The third-order valence-electron chi connectivity index (χ3n) is 3.51. The number of anilines is 1. The molecule has 1 saturated heterocycles. The number of carbonyl (C=O) groups excluding carboxylic acids is 1. The molecule has 6 heteroatoms. The molecule has 0 bridgehead atoms. The Morgan fingerprint density at radius 1 is 1.63 bits per heavy atom. The number of likely N-dealkylation sites (tertiary alicyclic amines) is 1. The largest absolute Gasteiger partial charge is 0.372 e. The summed E-state index contributed by atoms with van der Waals surface area (Å²) >= 11 is 3.34. The Morgan fingerprint density at radius 2 is 2.42 bits per heavy atom. The van der Waals surface area contributed by atoms with Crippen molar-refractivity contribution in [3.05, 3.63) is 22.3 Å². The number of hydrogen-bond donors (Lipinski definition) is 2. The second-order valence-electron chi connectivity index (χ2n) is 4.79. The molecule has 2 rings (SSSR count). The minimum Gasteiger partial charge on any atom is -0.372 e. The monoisotopic (exact) mass is 326 g/mol. The summed E-state index contributed by atoms with van der Waals surface area (Å²) in [7, 11) is 3.86. The number of pyridine rings is 1. The zero-order valence-corrected chi connectivity index (χ0v) is 12.8. The van der Waals surface area contributed by atoms with Gasteiger partial charge in [0.05, 0.1) is 5.56 Å². The van der Waals surface area contributed by atoms with Crippen LogP contribution in [0.5, 0.6) is 0 Å². The smallest absolute Gasteiger partial charge is 0.255 e. The fourth-order valence-corrected chi connectivity index (χ4v) is 2.69. The molecular weight excluding hydrogens is 308 g/mol. The van der Waals surface area contributed by atoms with E-state index in [2.05, 4.69) is 43.5 Å². The van der Waals surface area contributed by atoms with Gasteiger partial charge in [0.25, 0.3) is 5.91 Å². The van der Waals surface area contributed by atoms with Gasteiger partial charge in [-0.3, -0.25) is 4.79 Å². The Hall–Kier alpha value is -1.14. The van der Waals surface area contributed by atoms with Gasteiger partial charge in [0.15, 0.2) is 0 Å². The van der Waals surface area contributed by atoms with Crippen molar-refractivity contribution in [2.75, 3.05) is 32.5 Å². The van der Waals surface area contributed by atoms with Crippen molar-refractivity contribution in [1.82, 2.24) is 15.2 Å². The maximum Gasteiger partial charge on any atom is 0.255 e. The Balaban J connectivity index is 2.01. The topological polar surface area (TPSA) is 57.3 Å². The Morgan fingerprint density at radius 3 is 3.05 bits per heavy atom. The van der Waals surface area contributed by atoms with Crippen molar-refractivity contribution >= 4 is 27.7 Å². The summed E-state index contributed by atoms with van der Waals surface area (Å²) in [6, 6.07) is 2.23. The highest BCUT2D eigenvalue weighted by molar-refractivity contribution is 9.10. The maximum atomic E-state index is 12.2. The fraction of sp³-hybridized carbons (Fsp3) is 0.538. The molecular formula is C13H19BrN4O. The van der Waals surface area contributed by atoms with E-state index in [1.165, 1.54) is 6.42 Å². The van der Waals surface area contributed by atoms with E-state index in [9.17, 15) is 4.79 Å². The molecule has 0 aromatic carbocycles. The van der Waals surface area contributed by atoms with E-state index in [0.717, 1.165) is 17.4 Å². The lowest BCUT2D eigenvalue weighted by Gasteiger charge is -2.20. The molecule has 1 aliphatic heterocycles. The molecule has 1 amide bonds. The van der Waals surface area contributed by atoms with Gasteiger partial charge in [-0.05, 0) is 48.4 Å². The third kappa shape index (κ3) is 3.45. The molecule has 0 aliphatic carbocycles. The van der Waals surface area contributed by atoms with E-state index in [4.69, 9.17) is 0 Å². The van der Waals surface area contributed by atoms with Gasteiger partial charge >= 0.3 is 0 Å². The van der Waals surface area contributed by atoms with Crippen LogP contribution < -0.4 is 10.6 Å². The average Bonchev–Trinajstić information content (AvgIpc) is 2.81. The normalized spacial score (nSPS) is 19.4. The Bertz CT molecular complexity index is 466. The lowest BCUT2D eigenvalue weighted by Crippen LogP contribution is -2.38. The van der Waals surface area contributed by atoms with Crippen LogP contribution in [0.1, 0.15) is 23.2 Å². The summed E-state index contributed by atoms with van der Waals surface area (Å²) in [5, 5.41) is 5.93. The highest BCUT2D eigenvalue weighted by atomic mass is 79.9. The van der Waals surface area contributed by atoms with Crippen LogP contribution in [0.4, 0.5) is 5.82 Å². The number of aromatic nitrogens is 1. The first kappa shape index (κ1) is 14.3. The van der Waals surface area contributed by atoms with Gasteiger partial charge in [-0.1, -0.05) is 0 Å². The molecule has 0 radical (unpaired) electrons. The number of hydrogen-bond acceptors (Lipinski definition) is 4. The van der Waals surface area contributed by atoms with E-state index >= 15 is 0 Å². The predicted molar refractivity (Wildman–Crippen MR) is 79.5 cm³/mol. The number of halogens is 1. The molecule has 1 aromatic heterocycles. The third-order valence-corrected chi connectivity index (χ3v) is 3.94. The van der Waals surface area contributed by atoms with Crippen molar-refractivity contribution < 1.29 is 4.79 Å². The summed E-state index contributed by atoms with van der Waals surface area (Å²) in [5.41, 5.74) is 0.567. The van der Waals surface area contributed by atoms with Crippen LogP contribution in [0.25, 0.3) is 0 Å². The van der Waals surface area contributed by atoms with Crippen LogP contribution in [0, 0.1) is 0 Å². The SMILES string of the molecule is CNc1ncc(Br)cc1C(=O)NCC1CCCN1C. The van der Waals surface area contributed by atoms with Crippen LogP contribution in [-0.4, -0.2) is 49.0 Å². The number of carbonyl (C=O) groups is 1. The molecule has 1 aliphatic rings. The van der Waals surface area contributed by atoms with E-state index in [0.29, 0.717) is 24.0 Å². The highest BCUT2D eigenvalue weighted by Gasteiger charge is 2.22. The number of likely N-dealkylation sites (N-methyl/N-ethyl adjacent to an activating group) is 1. The lowest BCUT2D eigenvalue weighted by atomic mass is 10.2. The fourth-order valence-electron chi connectivity index (χ4n) is 2.35. The first-order valence-corrected chi connectivity index (χ1v) is 7.23. The van der Waals surface area contributed by atoms with Gasteiger partial charge in [0.1, 0.15) is 5.82 Å².